The summed E-state index contributed by atoms with van der Waals surface area (Å²) < 4.78 is 0. The fourth-order valence-electron chi connectivity index (χ4n) is 2.67. The quantitative estimate of drug-likeness (QED) is 0.508. The van der Waals surface area contributed by atoms with E-state index >= 15 is 0 Å². The third-order valence-electron chi connectivity index (χ3n) is 3.37. The second-order valence-corrected chi connectivity index (χ2v) is 4.75. The fraction of sp³-hybridized carbons (Fsp3) is 0.833. The lowest BCUT2D eigenvalue weighted by molar-refractivity contribution is -0.663. The molecule has 0 aromatic carbocycles. The zero-order valence-electron chi connectivity index (χ0n) is 9.66. The normalized spacial score (nSPS) is 32.9. The lowest BCUT2D eigenvalue weighted by atomic mass is 9.75. The van der Waals surface area contributed by atoms with Gasteiger partial charge in [-0.1, -0.05) is 25.5 Å². The van der Waals surface area contributed by atoms with Gasteiger partial charge < -0.3 is 10.4 Å². The molecule has 3 N–H and O–H groups in total. The van der Waals surface area contributed by atoms with Gasteiger partial charge in [0.2, 0.25) is 0 Å². The first-order chi connectivity index (χ1) is 6.65. The molecule has 0 unspecified atom stereocenters. The van der Waals surface area contributed by atoms with E-state index in [2.05, 4.69) is 32.2 Å². The molecule has 0 saturated carbocycles. The van der Waals surface area contributed by atoms with Gasteiger partial charge in [0.15, 0.2) is 0 Å². The summed E-state index contributed by atoms with van der Waals surface area (Å²) in [6, 6.07) is 0. The summed E-state index contributed by atoms with van der Waals surface area (Å²) in [4.78, 5) is 0. The van der Waals surface area contributed by atoms with Gasteiger partial charge in [0, 0.05) is 5.92 Å². The summed E-state index contributed by atoms with van der Waals surface area (Å²) in [5.74, 6) is 2.28. The van der Waals surface area contributed by atoms with Crippen LogP contribution in [0.1, 0.15) is 27.2 Å². The van der Waals surface area contributed by atoms with Gasteiger partial charge in [-0.25, -0.2) is 0 Å². The van der Waals surface area contributed by atoms with Crippen LogP contribution < -0.4 is 5.32 Å². The van der Waals surface area contributed by atoms with E-state index < -0.39 is 0 Å². The van der Waals surface area contributed by atoms with E-state index in [9.17, 15) is 0 Å². The molecule has 1 aliphatic rings. The van der Waals surface area contributed by atoms with Crippen molar-refractivity contribution in [2.75, 3.05) is 19.7 Å². The van der Waals surface area contributed by atoms with Crippen molar-refractivity contribution in [1.29, 1.82) is 0 Å². The lowest BCUT2D eigenvalue weighted by Gasteiger charge is -2.31. The molecule has 0 heterocycles. The minimum Gasteiger partial charge on any atom is -0.391 e. The van der Waals surface area contributed by atoms with E-state index in [-0.39, 0.29) is 0 Å². The molecule has 0 aromatic rings. The number of nitrogens with two attached hydrogens (primary N) is 1. The van der Waals surface area contributed by atoms with Crippen molar-refractivity contribution < 1.29 is 10.4 Å². The van der Waals surface area contributed by atoms with Crippen molar-refractivity contribution in [3.05, 3.63) is 11.6 Å². The summed E-state index contributed by atoms with van der Waals surface area (Å²) in [6.07, 6.45) is 3.67. The highest BCUT2D eigenvalue weighted by molar-refractivity contribution is 5.07. The topological polar surface area (TPSA) is 36.8 Å². The predicted molar refractivity (Wildman–Crippen MR) is 58.9 cm³/mol. The SMILES string of the molecule is CC1=C[C@H](C)[C@H](C[NH2+]CCO)[C@H](C)C1. The zero-order valence-corrected chi connectivity index (χ0v) is 9.66. The van der Waals surface area contributed by atoms with Gasteiger partial charge in [-0.3, -0.25) is 0 Å². The van der Waals surface area contributed by atoms with E-state index in [1.165, 1.54) is 6.42 Å². The number of aliphatic hydroxyl groups is 1. The monoisotopic (exact) mass is 198 g/mol. The smallest absolute Gasteiger partial charge is 0.0990 e. The first-order valence-corrected chi connectivity index (χ1v) is 5.75. The summed E-state index contributed by atoms with van der Waals surface area (Å²) >= 11 is 0. The number of hydrogen-bond donors (Lipinski definition) is 2. The maximum atomic E-state index is 8.73. The second-order valence-electron chi connectivity index (χ2n) is 4.75. The van der Waals surface area contributed by atoms with E-state index in [4.69, 9.17) is 5.11 Å². The highest BCUT2D eigenvalue weighted by Gasteiger charge is 2.27. The van der Waals surface area contributed by atoms with Gasteiger partial charge in [0.05, 0.1) is 19.7 Å². The van der Waals surface area contributed by atoms with Crippen molar-refractivity contribution >= 4 is 0 Å². The number of allylic oxidation sites excluding steroid dienone is 2. The molecule has 0 bridgehead atoms. The molecule has 0 radical (unpaired) electrons. The first kappa shape index (κ1) is 11.7. The average Bonchev–Trinajstić information content (AvgIpc) is 2.09. The third kappa shape index (κ3) is 3.10. The highest BCUT2D eigenvalue weighted by atomic mass is 16.3. The molecular formula is C12H24NO+. The van der Waals surface area contributed by atoms with Crippen LogP contribution in [0.4, 0.5) is 0 Å². The Morgan fingerprint density at radius 3 is 2.79 bits per heavy atom. The molecule has 1 rings (SSSR count). The Balaban J connectivity index is 2.43. The van der Waals surface area contributed by atoms with Crippen molar-refractivity contribution in [3.63, 3.8) is 0 Å². The second kappa shape index (κ2) is 5.52. The van der Waals surface area contributed by atoms with Crippen molar-refractivity contribution in [2.45, 2.75) is 27.2 Å². The minimum absolute atomic E-state index is 0.296. The standard InChI is InChI=1S/C12H23NO/c1-9-6-10(2)12(11(3)7-9)8-13-4-5-14/h6,10-14H,4-5,7-8H2,1-3H3/p+1/t10-,11+,12-/m0/s1. The highest BCUT2D eigenvalue weighted by Crippen LogP contribution is 2.32. The Bertz CT molecular complexity index is 200. The summed E-state index contributed by atoms with van der Waals surface area (Å²) in [5, 5.41) is 11.0. The molecule has 0 aliphatic heterocycles. The maximum Gasteiger partial charge on any atom is 0.0990 e. The molecule has 0 spiro atoms. The van der Waals surface area contributed by atoms with Gasteiger partial charge in [0.1, 0.15) is 0 Å². The van der Waals surface area contributed by atoms with Crippen molar-refractivity contribution in [3.8, 4) is 0 Å². The van der Waals surface area contributed by atoms with E-state index in [0.717, 1.165) is 24.9 Å². The maximum absolute atomic E-state index is 8.73. The van der Waals surface area contributed by atoms with Crippen LogP contribution >= 0.6 is 0 Å². The summed E-state index contributed by atoms with van der Waals surface area (Å²) in [7, 11) is 0. The Hall–Kier alpha value is -0.340. The molecule has 2 heteroatoms. The zero-order chi connectivity index (χ0) is 10.6. The van der Waals surface area contributed by atoms with E-state index in [1.807, 2.05) is 0 Å². The Kier molecular flexibility index (Phi) is 4.63. The molecule has 3 atom stereocenters. The number of aliphatic hydroxyl groups excluding tert-OH is 1. The largest absolute Gasteiger partial charge is 0.391 e. The summed E-state index contributed by atoms with van der Waals surface area (Å²) in [6.45, 7) is 9.21. The van der Waals surface area contributed by atoms with E-state index in [0.29, 0.717) is 12.5 Å². The van der Waals surface area contributed by atoms with Crippen LogP contribution in [0.3, 0.4) is 0 Å². The fourth-order valence-corrected chi connectivity index (χ4v) is 2.67. The van der Waals surface area contributed by atoms with Crippen LogP contribution in [0, 0.1) is 17.8 Å². The Morgan fingerprint density at radius 2 is 2.21 bits per heavy atom. The number of rotatable bonds is 4. The molecule has 0 saturated heterocycles. The van der Waals surface area contributed by atoms with Gasteiger partial charge in [-0.05, 0) is 25.2 Å². The van der Waals surface area contributed by atoms with Gasteiger partial charge >= 0.3 is 0 Å². The number of quaternary nitrogens is 1. The first-order valence-electron chi connectivity index (χ1n) is 5.75. The lowest BCUT2D eigenvalue weighted by Crippen LogP contribution is -2.87. The van der Waals surface area contributed by atoms with Crippen LogP contribution in [-0.4, -0.2) is 24.8 Å². The molecule has 14 heavy (non-hydrogen) atoms. The predicted octanol–water partition coefficient (Wildman–Crippen LogP) is 0.780. The Labute approximate surface area is 87.4 Å². The summed E-state index contributed by atoms with van der Waals surface area (Å²) in [5.41, 5.74) is 1.54. The van der Waals surface area contributed by atoms with Crippen molar-refractivity contribution in [2.24, 2.45) is 17.8 Å². The van der Waals surface area contributed by atoms with Crippen LogP contribution in [0.5, 0.6) is 0 Å². The Morgan fingerprint density at radius 1 is 1.50 bits per heavy atom. The van der Waals surface area contributed by atoms with Gasteiger partial charge in [-0.15, -0.1) is 0 Å². The van der Waals surface area contributed by atoms with Crippen LogP contribution in [0.15, 0.2) is 11.6 Å². The van der Waals surface area contributed by atoms with Crippen LogP contribution in [-0.2, 0) is 0 Å². The molecular weight excluding hydrogens is 174 g/mol. The molecule has 0 fully saturated rings. The molecule has 2 nitrogen and oxygen atoms in total. The van der Waals surface area contributed by atoms with Crippen molar-refractivity contribution in [1.82, 2.24) is 0 Å². The molecule has 82 valence electrons. The van der Waals surface area contributed by atoms with E-state index in [1.54, 1.807) is 5.57 Å². The average molecular weight is 198 g/mol. The van der Waals surface area contributed by atoms with Gasteiger partial charge in [-0.2, -0.15) is 0 Å². The van der Waals surface area contributed by atoms with Gasteiger partial charge in [0.25, 0.3) is 0 Å². The molecule has 1 aliphatic carbocycles. The number of hydrogen-bond acceptors (Lipinski definition) is 1. The van der Waals surface area contributed by atoms with Crippen LogP contribution in [0.25, 0.3) is 0 Å². The molecule has 0 amide bonds. The van der Waals surface area contributed by atoms with Crippen LogP contribution in [0.2, 0.25) is 0 Å². The minimum atomic E-state index is 0.296. The molecule has 0 aromatic heterocycles. The third-order valence-corrected chi connectivity index (χ3v) is 3.37.